The van der Waals surface area contributed by atoms with Crippen molar-refractivity contribution in [1.82, 2.24) is 5.32 Å². The van der Waals surface area contributed by atoms with Crippen LogP contribution in [0.5, 0.6) is 11.5 Å². The highest BCUT2D eigenvalue weighted by Gasteiger charge is 2.32. The van der Waals surface area contributed by atoms with Gasteiger partial charge in [-0.3, -0.25) is 4.79 Å². The van der Waals surface area contributed by atoms with Gasteiger partial charge in [0.15, 0.2) is 18.1 Å². The number of nitrogens with one attached hydrogen (secondary N) is 1. The van der Waals surface area contributed by atoms with Crippen molar-refractivity contribution in [3.63, 3.8) is 0 Å². The Balaban J connectivity index is 1.54. The Morgan fingerprint density at radius 3 is 2.75 bits per heavy atom. The Kier molecular flexibility index (Phi) is 4.67. The smallest absolute Gasteiger partial charge is 0.258 e. The van der Waals surface area contributed by atoms with Crippen molar-refractivity contribution in [3.8, 4) is 11.5 Å². The lowest BCUT2D eigenvalue weighted by Gasteiger charge is -2.18. The second-order valence-corrected chi connectivity index (χ2v) is 6.91. The van der Waals surface area contributed by atoms with Crippen LogP contribution in [0.1, 0.15) is 25.0 Å². The van der Waals surface area contributed by atoms with Crippen LogP contribution in [-0.2, 0) is 17.8 Å². The molecule has 0 unspecified atom stereocenters. The van der Waals surface area contributed by atoms with Gasteiger partial charge in [-0.2, -0.15) is 0 Å². The highest BCUT2D eigenvalue weighted by atomic mass is 35.5. The zero-order valence-electron chi connectivity index (χ0n) is 13.8. The first-order valence-corrected chi connectivity index (χ1v) is 8.26. The number of fused-ring (bicyclic) bond motifs is 1. The van der Waals surface area contributed by atoms with Crippen molar-refractivity contribution in [1.29, 1.82) is 0 Å². The summed E-state index contributed by atoms with van der Waals surface area (Å²) in [5.74, 6) is 1.17. The lowest BCUT2D eigenvalue weighted by molar-refractivity contribution is -0.123. The molecule has 0 aliphatic carbocycles. The summed E-state index contributed by atoms with van der Waals surface area (Å²) in [5.41, 5.74) is 1.86. The molecule has 126 valence electrons. The summed E-state index contributed by atoms with van der Waals surface area (Å²) in [6.45, 7) is 4.47. The monoisotopic (exact) mass is 345 g/mol. The van der Waals surface area contributed by atoms with Gasteiger partial charge < -0.3 is 14.8 Å². The van der Waals surface area contributed by atoms with Crippen molar-refractivity contribution < 1.29 is 14.3 Å². The molecule has 1 aliphatic heterocycles. The predicted molar refractivity (Wildman–Crippen MR) is 93.6 cm³/mol. The zero-order valence-corrected chi connectivity index (χ0v) is 14.5. The molecule has 1 aliphatic rings. The minimum Gasteiger partial charge on any atom is -0.483 e. The van der Waals surface area contributed by atoms with Gasteiger partial charge >= 0.3 is 0 Å². The topological polar surface area (TPSA) is 47.6 Å². The van der Waals surface area contributed by atoms with Gasteiger partial charge in [0, 0.05) is 23.6 Å². The van der Waals surface area contributed by atoms with E-state index in [1.54, 1.807) is 12.1 Å². The van der Waals surface area contributed by atoms with Crippen molar-refractivity contribution in [2.24, 2.45) is 0 Å². The van der Waals surface area contributed by atoms with Gasteiger partial charge in [0.1, 0.15) is 5.60 Å². The SMILES string of the molecule is CC1(C)Cc2cccc(OCC(=O)NCc3ccc(Cl)cc3)c2O1. The Labute approximate surface area is 146 Å². The number of hydrogen-bond acceptors (Lipinski definition) is 3. The Bertz CT molecular complexity index is 741. The van der Waals surface area contributed by atoms with E-state index in [0.717, 1.165) is 23.3 Å². The molecule has 0 saturated heterocycles. The number of amides is 1. The van der Waals surface area contributed by atoms with Crippen LogP contribution in [0.25, 0.3) is 0 Å². The molecule has 0 radical (unpaired) electrons. The van der Waals surface area contributed by atoms with Crippen LogP contribution in [0.2, 0.25) is 5.02 Å². The molecule has 3 rings (SSSR count). The second-order valence-electron chi connectivity index (χ2n) is 6.47. The fourth-order valence-electron chi connectivity index (χ4n) is 2.70. The van der Waals surface area contributed by atoms with Gasteiger partial charge in [-0.25, -0.2) is 0 Å². The molecule has 4 nitrogen and oxygen atoms in total. The summed E-state index contributed by atoms with van der Waals surface area (Å²) in [4.78, 5) is 12.0. The number of halogens is 1. The van der Waals surface area contributed by atoms with Gasteiger partial charge in [0.05, 0.1) is 0 Å². The fourth-order valence-corrected chi connectivity index (χ4v) is 2.82. The molecule has 0 bridgehead atoms. The summed E-state index contributed by atoms with van der Waals surface area (Å²) < 4.78 is 11.6. The van der Waals surface area contributed by atoms with Crippen LogP contribution in [0.3, 0.4) is 0 Å². The highest BCUT2D eigenvalue weighted by molar-refractivity contribution is 6.30. The molecule has 0 saturated carbocycles. The molecule has 0 fully saturated rings. The summed E-state index contributed by atoms with van der Waals surface area (Å²) in [7, 11) is 0. The third kappa shape index (κ3) is 4.01. The van der Waals surface area contributed by atoms with E-state index >= 15 is 0 Å². The Hall–Kier alpha value is -2.20. The van der Waals surface area contributed by atoms with Crippen molar-refractivity contribution >= 4 is 17.5 Å². The lowest BCUT2D eigenvalue weighted by Crippen LogP contribution is -2.28. The largest absolute Gasteiger partial charge is 0.483 e. The van der Waals surface area contributed by atoms with E-state index in [0.29, 0.717) is 17.3 Å². The second kappa shape index (κ2) is 6.73. The van der Waals surface area contributed by atoms with Crippen molar-refractivity contribution in [3.05, 3.63) is 58.6 Å². The molecular formula is C19H20ClNO3. The van der Waals surface area contributed by atoms with E-state index in [4.69, 9.17) is 21.1 Å². The van der Waals surface area contributed by atoms with E-state index < -0.39 is 0 Å². The molecule has 2 aromatic carbocycles. The van der Waals surface area contributed by atoms with Gasteiger partial charge in [-0.1, -0.05) is 35.9 Å². The fraction of sp³-hybridized carbons (Fsp3) is 0.316. The van der Waals surface area contributed by atoms with E-state index in [1.165, 1.54) is 0 Å². The number of rotatable bonds is 5. The van der Waals surface area contributed by atoms with Crippen LogP contribution in [0, 0.1) is 0 Å². The molecule has 1 amide bonds. The first-order valence-electron chi connectivity index (χ1n) is 7.88. The maximum atomic E-state index is 12.0. The van der Waals surface area contributed by atoms with E-state index in [2.05, 4.69) is 5.32 Å². The summed E-state index contributed by atoms with van der Waals surface area (Å²) >= 11 is 5.84. The minimum absolute atomic E-state index is 0.0478. The third-order valence-corrected chi connectivity index (χ3v) is 4.07. The maximum absolute atomic E-state index is 12.0. The van der Waals surface area contributed by atoms with Gasteiger partial charge in [-0.05, 0) is 37.6 Å². The van der Waals surface area contributed by atoms with Crippen molar-refractivity contribution in [2.45, 2.75) is 32.4 Å². The van der Waals surface area contributed by atoms with Crippen LogP contribution in [0.4, 0.5) is 0 Å². The van der Waals surface area contributed by atoms with Gasteiger partial charge in [0.25, 0.3) is 5.91 Å². The minimum atomic E-state index is -0.237. The van der Waals surface area contributed by atoms with Crippen LogP contribution >= 0.6 is 11.6 Å². The molecule has 0 atom stereocenters. The maximum Gasteiger partial charge on any atom is 0.258 e. The predicted octanol–water partition coefficient (Wildman–Crippen LogP) is 3.75. The zero-order chi connectivity index (χ0) is 17.2. The highest BCUT2D eigenvalue weighted by Crippen LogP contribution is 2.41. The number of hydrogen-bond donors (Lipinski definition) is 1. The molecular weight excluding hydrogens is 326 g/mol. The molecule has 2 aromatic rings. The molecule has 0 spiro atoms. The summed E-state index contributed by atoms with van der Waals surface area (Å²) in [5, 5.41) is 3.50. The number of para-hydroxylation sites is 1. The summed E-state index contributed by atoms with van der Waals surface area (Å²) in [6.07, 6.45) is 0.836. The van der Waals surface area contributed by atoms with E-state index in [9.17, 15) is 4.79 Å². The first kappa shape index (κ1) is 16.7. The quantitative estimate of drug-likeness (QED) is 0.897. The molecule has 0 aromatic heterocycles. The normalized spacial score (nSPS) is 14.6. The molecule has 24 heavy (non-hydrogen) atoms. The number of benzene rings is 2. The van der Waals surface area contributed by atoms with Crippen LogP contribution < -0.4 is 14.8 Å². The van der Waals surface area contributed by atoms with Crippen LogP contribution in [0.15, 0.2) is 42.5 Å². The van der Waals surface area contributed by atoms with Crippen molar-refractivity contribution in [2.75, 3.05) is 6.61 Å². The molecule has 5 heteroatoms. The molecule has 1 heterocycles. The summed E-state index contributed by atoms with van der Waals surface area (Å²) in [6, 6.07) is 13.1. The Morgan fingerprint density at radius 2 is 2.00 bits per heavy atom. The molecule has 1 N–H and O–H groups in total. The first-order chi connectivity index (χ1) is 11.4. The van der Waals surface area contributed by atoms with E-state index in [-0.39, 0.29) is 18.1 Å². The average molecular weight is 346 g/mol. The third-order valence-electron chi connectivity index (χ3n) is 3.82. The number of carbonyl (C=O) groups is 1. The van der Waals surface area contributed by atoms with Crippen LogP contribution in [-0.4, -0.2) is 18.1 Å². The number of carbonyl (C=O) groups excluding carboxylic acids is 1. The van der Waals surface area contributed by atoms with E-state index in [1.807, 2.05) is 44.2 Å². The Morgan fingerprint density at radius 1 is 1.25 bits per heavy atom. The van der Waals surface area contributed by atoms with Gasteiger partial charge in [-0.15, -0.1) is 0 Å². The number of ether oxygens (including phenoxy) is 2. The lowest BCUT2D eigenvalue weighted by atomic mass is 10.0. The average Bonchev–Trinajstić information content (AvgIpc) is 2.86. The standard InChI is InChI=1S/C19H20ClNO3/c1-19(2)10-14-4-3-5-16(18(14)24-19)23-12-17(22)21-11-13-6-8-15(20)9-7-13/h3-9H,10-12H2,1-2H3,(H,21,22). The van der Waals surface area contributed by atoms with Gasteiger partial charge in [0.2, 0.25) is 0 Å².